The van der Waals surface area contributed by atoms with Crippen LogP contribution < -0.4 is 9.47 Å². The Kier molecular flexibility index (Phi) is 6.00. The summed E-state index contributed by atoms with van der Waals surface area (Å²) in [6.45, 7) is 7.59. The van der Waals surface area contributed by atoms with Crippen molar-refractivity contribution < 1.29 is 13.9 Å². The lowest BCUT2D eigenvalue weighted by molar-refractivity contribution is 0.222. The van der Waals surface area contributed by atoms with Gasteiger partial charge >= 0.3 is 0 Å². The maximum absolute atomic E-state index is 15.2. The van der Waals surface area contributed by atoms with Crippen molar-refractivity contribution in [3.05, 3.63) is 47.3 Å². The fraction of sp³-hybridized carbons (Fsp3) is 0.440. The van der Waals surface area contributed by atoms with E-state index in [4.69, 9.17) is 9.47 Å². The standard InChI is InChI=1S/C25H31FN2O2/c1-5-19-20-13-18(16-9-11-28(6-2)12-10-16)14-21(26)25(20)27-24(19)17-7-8-22(29-3)23(15-17)30-4/h7-8,13-16,27H,5-6,9-12H2,1-4H3. The number of rotatable bonds is 6. The van der Waals surface area contributed by atoms with Gasteiger partial charge in [0, 0.05) is 16.6 Å². The second kappa shape index (κ2) is 8.68. The van der Waals surface area contributed by atoms with E-state index in [1.165, 1.54) is 0 Å². The van der Waals surface area contributed by atoms with Crippen LogP contribution in [0, 0.1) is 5.82 Å². The first-order valence-corrected chi connectivity index (χ1v) is 10.9. The van der Waals surface area contributed by atoms with E-state index in [0.717, 1.165) is 66.7 Å². The van der Waals surface area contributed by atoms with Gasteiger partial charge in [-0.05, 0) is 86.3 Å². The molecule has 0 radical (unpaired) electrons. The molecule has 1 fully saturated rings. The Morgan fingerprint density at radius 1 is 1.03 bits per heavy atom. The van der Waals surface area contributed by atoms with E-state index < -0.39 is 0 Å². The van der Waals surface area contributed by atoms with Gasteiger partial charge in [-0.2, -0.15) is 0 Å². The lowest BCUT2D eigenvalue weighted by Gasteiger charge is -2.31. The highest BCUT2D eigenvalue weighted by Crippen LogP contribution is 2.39. The van der Waals surface area contributed by atoms with E-state index in [-0.39, 0.29) is 5.82 Å². The highest BCUT2D eigenvalue weighted by atomic mass is 19.1. The van der Waals surface area contributed by atoms with Crippen LogP contribution in [0.25, 0.3) is 22.2 Å². The fourth-order valence-electron chi connectivity index (χ4n) is 4.75. The van der Waals surface area contributed by atoms with Crippen LogP contribution >= 0.6 is 0 Å². The van der Waals surface area contributed by atoms with Crippen LogP contribution in [0.15, 0.2) is 30.3 Å². The average molecular weight is 411 g/mol. The quantitative estimate of drug-likeness (QED) is 0.562. The number of methoxy groups -OCH3 is 2. The number of nitrogens with zero attached hydrogens (tertiary/aromatic N) is 1. The van der Waals surface area contributed by atoms with Crippen molar-refractivity contribution in [2.24, 2.45) is 0 Å². The molecule has 0 bridgehead atoms. The Hall–Kier alpha value is -2.53. The van der Waals surface area contributed by atoms with E-state index in [9.17, 15) is 0 Å². The third kappa shape index (κ3) is 3.67. The molecular weight excluding hydrogens is 379 g/mol. The number of likely N-dealkylation sites (tertiary alicyclic amines) is 1. The van der Waals surface area contributed by atoms with Crippen LogP contribution in [0.3, 0.4) is 0 Å². The van der Waals surface area contributed by atoms with Gasteiger partial charge in [-0.15, -0.1) is 0 Å². The van der Waals surface area contributed by atoms with Crippen LogP contribution in [0.4, 0.5) is 4.39 Å². The topological polar surface area (TPSA) is 37.5 Å². The molecule has 0 saturated carbocycles. The van der Waals surface area contributed by atoms with E-state index >= 15 is 4.39 Å². The molecule has 3 aromatic rings. The number of hydrogen-bond donors (Lipinski definition) is 1. The van der Waals surface area contributed by atoms with Gasteiger partial charge in [0.25, 0.3) is 0 Å². The molecule has 1 aliphatic rings. The van der Waals surface area contributed by atoms with Gasteiger partial charge in [-0.1, -0.05) is 13.8 Å². The summed E-state index contributed by atoms with van der Waals surface area (Å²) in [6.07, 6.45) is 3.00. The molecule has 2 aromatic carbocycles. The van der Waals surface area contributed by atoms with E-state index in [1.54, 1.807) is 20.3 Å². The van der Waals surface area contributed by atoms with Crippen LogP contribution in [-0.4, -0.2) is 43.7 Å². The van der Waals surface area contributed by atoms with Crippen molar-refractivity contribution in [3.63, 3.8) is 0 Å². The van der Waals surface area contributed by atoms with Gasteiger partial charge < -0.3 is 19.4 Å². The Morgan fingerprint density at radius 2 is 1.77 bits per heavy atom. The smallest absolute Gasteiger partial charge is 0.161 e. The summed E-state index contributed by atoms with van der Waals surface area (Å²) in [5, 5.41) is 0.996. The van der Waals surface area contributed by atoms with Crippen LogP contribution in [0.5, 0.6) is 11.5 Å². The largest absolute Gasteiger partial charge is 0.493 e. The summed E-state index contributed by atoms with van der Waals surface area (Å²) in [4.78, 5) is 5.82. The van der Waals surface area contributed by atoms with Crippen molar-refractivity contribution in [1.29, 1.82) is 0 Å². The number of piperidine rings is 1. The summed E-state index contributed by atoms with van der Waals surface area (Å²) >= 11 is 0. The highest BCUT2D eigenvalue weighted by Gasteiger charge is 2.23. The summed E-state index contributed by atoms with van der Waals surface area (Å²) < 4.78 is 26.0. The normalized spacial score (nSPS) is 15.6. The molecule has 0 spiro atoms. The highest BCUT2D eigenvalue weighted by molar-refractivity contribution is 5.92. The molecule has 4 rings (SSSR count). The Bertz CT molecular complexity index is 1040. The molecule has 5 heteroatoms. The van der Waals surface area contributed by atoms with Crippen molar-refractivity contribution >= 4 is 10.9 Å². The summed E-state index contributed by atoms with van der Waals surface area (Å²) in [5.74, 6) is 1.61. The maximum Gasteiger partial charge on any atom is 0.161 e. The predicted molar refractivity (Wildman–Crippen MR) is 120 cm³/mol. The zero-order valence-electron chi connectivity index (χ0n) is 18.3. The van der Waals surface area contributed by atoms with Crippen LogP contribution in [0.1, 0.15) is 43.7 Å². The SMILES string of the molecule is CCc1c(-c2ccc(OC)c(OC)c2)[nH]c2c(F)cc(C3CCN(CC)CC3)cc12. The number of nitrogens with one attached hydrogen (secondary N) is 1. The van der Waals surface area contributed by atoms with Gasteiger partial charge in [0.2, 0.25) is 0 Å². The van der Waals surface area contributed by atoms with Crippen molar-refractivity contribution in [2.45, 2.75) is 39.0 Å². The second-order valence-electron chi connectivity index (χ2n) is 8.04. The molecular formula is C25H31FN2O2. The lowest BCUT2D eigenvalue weighted by atomic mass is 9.88. The monoisotopic (exact) mass is 410 g/mol. The van der Waals surface area contributed by atoms with Crippen LogP contribution in [0.2, 0.25) is 0 Å². The average Bonchev–Trinajstić information content (AvgIpc) is 3.17. The molecule has 1 aromatic heterocycles. The number of halogens is 1. The minimum atomic E-state index is -0.165. The number of aryl methyl sites for hydroxylation is 1. The van der Waals surface area contributed by atoms with Gasteiger partial charge in [0.15, 0.2) is 11.5 Å². The zero-order chi connectivity index (χ0) is 21.3. The Labute approximate surface area is 178 Å². The molecule has 30 heavy (non-hydrogen) atoms. The fourth-order valence-corrected chi connectivity index (χ4v) is 4.75. The lowest BCUT2D eigenvalue weighted by Crippen LogP contribution is -2.32. The molecule has 2 heterocycles. The van der Waals surface area contributed by atoms with Gasteiger partial charge in [0.05, 0.1) is 19.7 Å². The predicted octanol–water partition coefficient (Wildman–Crippen LogP) is 5.75. The number of benzene rings is 2. The molecule has 0 atom stereocenters. The Balaban J connectivity index is 1.77. The Morgan fingerprint density at radius 3 is 2.40 bits per heavy atom. The molecule has 0 amide bonds. The van der Waals surface area contributed by atoms with Gasteiger partial charge in [-0.25, -0.2) is 4.39 Å². The molecule has 1 N–H and O–H groups in total. The van der Waals surface area contributed by atoms with Gasteiger partial charge in [0.1, 0.15) is 5.82 Å². The van der Waals surface area contributed by atoms with Crippen molar-refractivity contribution in [3.8, 4) is 22.8 Å². The first-order chi connectivity index (χ1) is 14.6. The summed E-state index contributed by atoms with van der Waals surface area (Å²) in [7, 11) is 3.25. The number of aromatic nitrogens is 1. The number of aromatic amines is 1. The summed E-state index contributed by atoms with van der Waals surface area (Å²) in [6, 6.07) is 9.78. The third-order valence-electron chi connectivity index (χ3n) is 6.52. The van der Waals surface area contributed by atoms with E-state index in [0.29, 0.717) is 22.9 Å². The molecule has 1 saturated heterocycles. The minimum Gasteiger partial charge on any atom is -0.493 e. The number of ether oxygens (including phenoxy) is 2. The van der Waals surface area contributed by atoms with Crippen molar-refractivity contribution in [1.82, 2.24) is 9.88 Å². The first-order valence-electron chi connectivity index (χ1n) is 10.9. The molecule has 160 valence electrons. The third-order valence-corrected chi connectivity index (χ3v) is 6.52. The molecule has 0 aliphatic carbocycles. The van der Waals surface area contributed by atoms with Crippen molar-refractivity contribution in [2.75, 3.05) is 33.9 Å². The second-order valence-corrected chi connectivity index (χ2v) is 8.04. The van der Waals surface area contributed by atoms with E-state index in [1.807, 2.05) is 18.2 Å². The van der Waals surface area contributed by atoms with Gasteiger partial charge in [-0.3, -0.25) is 0 Å². The maximum atomic E-state index is 15.2. The molecule has 4 nitrogen and oxygen atoms in total. The number of H-pyrrole nitrogens is 1. The molecule has 1 aliphatic heterocycles. The number of hydrogen-bond acceptors (Lipinski definition) is 3. The molecule has 0 unspecified atom stereocenters. The summed E-state index contributed by atoms with van der Waals surface area (Å²) in [5.41, 5.74) is 4.78. The zero-order valence-corrected chi connectivity index (χ0v) is 18.3. The minimum absolute atomic E-state index is 0.165. The number of fused-ring (bicyclic) bond motifs is 1. The van der Waals surface area contributed by atoms with Crippen LogP contribution in [-0.2, 0) is 6.42 Å². The first kappa shape index (κ1) is 20.7. The van der Waals surface area contributed by atoms with E-state index in [2.05, 4.69) is 29.8 Å².